The number of hydrogen-bond acceptors (Lipinski definition) is 6. The van der Waals surface area contributed by atoms with Gasteiger partial charge in [0.2, 0.25) is 21.7 Å². The Hall–Kier alpha value is -2.58. The molecule has 134 valence electrons. The third-order valence-corrected chi connectivity index (χ3v) is 6.52. The summed E-state index contributed by atoms with van der Waals surface area (Å²) in [5.41, 5.74) is 2.84. The van der Waals surface area contributed by atoms with Gasteiger partial charge in [-0.1, -0.05) is 11.2 Å². The van der Waals surface area contributed by atoms with Crippen molar-refractivity contribution in [1.82, 2.24) is 19.4 Å². The Balaban J connectivity index is 1.48. The van der Waals surface area contributed by atoms with E-state index in [1.807, 2.05) is 19.9 Å². The second kappa shape index (κ2) is 6.30. The van der Waals surface area contributed by atoms with E-state index in [4.69, 9.17) is 4.52 Å². The van der Waals surface area contributed by atoms with Crippen molar-refractivity contribution in [2.24, 2.45) is 0 Å². The molecule has 1 fully saturated rings. The largest absolute Gasteiger partial charge is 0.339 e. The minimum Gasteiger partial charge on any atom is -0.339 e. The second-order valence-corrected chi connectivity index (χ2v) is 8.40. The van der Waals surface area contributed by atoms with Crippen LogP contribution in [0.15, 0.2) is 52.1 Å². The van der Waals surface area contributed by atoms with Crippen molar-refractivity contribution in [1.29, 1.82) is 0 Å². The molecule has 0 spiro atoms. The van der Waals surface area contributed by atoms with Gasteiger partial charge in [-0.25, -0.2) is 8.42 Å². The molecule has 0 N–H and O–H groups in total. The van der Waals surface area contributed by atoms with Crippen molar-refractivity contribution in [3.05, 3.63) is 59.7 Å². The first-order chi connectivity index (χ1) is 12.4. The number of rotatable bonds is 4. The highest BCUT2D eigenvalue weighted by Crippen LogP contribution is 2.32. The number of aromatic nitrogens is 3. The average molecular weight is 370 g/mol. The molecule has 1 aliphatic heterocycles. The van der Waals surface area contributed by atoms with Gasteiger partial charge in [0.1, 0.15) is 0 Å². The topological polar surface area (TPSA) is 89.2 Å². The molecule has 1 aromatic carbocycles. The van der Waals surface area contributed by atoms with Gasteiger partial charge in [-0.3, -0.25) is 4.98 Å². The van der Waals surface area contributed by atoms with Crippen molar-refractivity contribution in [2.75, 3.05) is 13.1 Å². The van der Waals surface area contributed by atoms with Crippen LogP contribution in [0.3, 0.4) is 0 Å². The van der Waals surface area contributed by atoms with Crippen molar-refractivity contribution in [3.63, 3.8) is 0 Å². The van der Waals surface area contributed by atoms with Crippen LogP contribution >= 0.6 is 0 Å². The summed E-state index contributed by atoms with van der Waals surface area (Å²) in [7, 11) is -3.49. The van der Waals surface area contributed by atoms with E-state index in [1.54, 1.807) is 36.7 Å². The molecule has 0 radical (unpaired) electrons. The zero-order chi connectivity index (χ0) is 18.3. The van der Waals surface area contributed by atoms with E-state index in [0.29, 0.717) is 29.7 Å². The molecule has 0 aliphatic carbocycles. The Kier molecular flexibility index (Phi) is 4.08. The van der Waals surface area contributed by atoms with Crippen LogP contribution in [-0.4, -0.2) is 40.9 Å². The normalized spacial score (nSPS) is 15.8. The molecule has 26 heavy (non-hydrogen) atoms. The van der Waals surface area contributed by atoms with Gasteiger partial charge >= 0.3 is 0 Å². The third kappa shape index (κ3) is 2.91. The lowest BCUT2D eigenvalue weighted by molar-refractivity contribution is 0.217. The highest BCUT2D eigenvalue weighted by molar-refractivity contribution is 7.89. The standard InChI is InChI=1S/C18H18N4O3S/c1-12-3-4-16(9-13(12)2)26(23,24)22-10-15(11-22)18-20-17(21-25-18)14-5-7-19-8-6-14/h3-9,15H,10-11H2,1-2H3. The zero-order valence-electron chi connectivity index (χ0n) is 14.5. The molecule has 0 atom stereocenters. The Morgan fingerprint density at radius 2 is 1.81 bits per heavy atom. The van der Waals surface area contributed by atoms with E-state index in [-0.39, 0.29) is 5.92 Å². The number of aryl methyl sites for hydroxylation is 2. The molecule has 1 saturated heterocycles. The molecule has 0 unspecified atom stereocenters. The summed E-state index contributed by atoms with van der Waals surface area (Å²) in [4.78, 5) is 8.67. The number of benzene rings is 1. The number of pyridine rings is 1. The van der Waals surface area contributed by atoms with Gasteiger partial charge in [0, 0.05) is 31.0 Å². The molecule has 0 bridgehead atoms. The van der Waals surface area contributed by atoms with E-state index < -0.39 is 10.0 Å². The SMILES string of the molecule is Cc1ccc(S(=O)(=O)N2CC(c3nc(-c4ccncc4)no3)C2)cc1C. The molecular weight excluding hydrogens is 352 g/mol. The lowest BCUT2D eigenvalue weighted by atomic mass is 10.0. The molecule has 0 saturated carbocycles. The summed E-state index contributed by atoms with van der Waals surface area (Å²) in [5, 5.41) is 3.97. The first kappa shape index (κ1) is 16.9. The van der Waals surface area contributed by atoms with Gasteiger partial charge in [0.05, 0.1) is 10.8 Å². The van der Waals surface area contributed by atoms with E-state index in [1.165, 1.54) is 4.31 Å². The molecule has 8 heteroatoms. The van der Waals surface area contributed by atoms with Gasteiger partial charge in [-0.05, 0) is 49.2 Å². The minimum absolute atomic E-state index is 0.0839. The fraction of sp³-hybridized carbons (Fsp3) is 0.278. The number of nitrogens with zero attached hydrogens (tertiary/aromatic N) is 4. The summed E-state index contributed by atoms with van der Waals surface area (Å²) in [5.74, 6) is 0.862. The van der Waals surface area contributed by atoms with Crippen LogP contribution in [0, 0.1) is 13.8 Å². The van der Waals surface area contributed by atoms with Crippen LogP contribution in [0.1, 0.15) is 22.9 Å². The summed E-state index contributed by atoms with van der Waals surface area (Å²) in [6, 6.07) is 8.79. The van der Waals surface area contributed by atoms with E-state index in [9.17, 15) is 8.42 Å². The molecule has 1 aliphatic rings. The Morgan fingerprint density at radius 3 is 2.50 bits per heavy atom. The van der Waals surface area contributed by atoms with Gasteiger partial charge in [0.15, 0.2) is 0 Å². The second-order valence-electron chi connectivity index (χ2n) is 6.46. The molecule has 3 aromatic rings. The molecule has 3 heterocycles. The van der Waals surface area contributed by atoms with E-state index in [0.717, 1.165) is 16.7 Å². The summed E-state index contributed by atoms with van der Waals surface area (Å²) < 4.78 is 32.2. The quantitative estimate of drug-likeness (QED) is 0.701. The lowest BCUT2D eigenvalue weighted by Gasteiger charge is -2.35. The predicted octanol–water partition coefficient (Wildman–Crippen LogP) is 2.54. The minimum atomic E-state index is -3.49. The van der Waals surface area contributed by atoms with Crippen LogP contribution in [0.2, 0.25) is 0 Å². The van der Waals surface area contributed by atoms with Gasteiger partial charge in [0.25, 0.3) is 0 Å². The van der Waals surface area contributed by atoms with Gasteiger partial charge in [-0.15, -0.1) is 0 Å². The highest BCUT2D eigenvalue weighted by Gasteiger charge is 2.40. The van der Waals surface area contributed by atoms with Crippen molar-refractivity contribution < 1.29 is 12.9 Å². The summed E-state index contributed by atoms with van der Waals surface area (Å²) >= 11 is 0. The maximum absolute atomic E-state index is 12.7. The summed E-state index contributed by atoms with van der Waals surface area (Å²) in [6.45, 7) is 4.55. The van der Waals surface area contributed by atoms with Crippen LogP contribution in [0.4, 0.5) is 0 Å². The zero-order valence-corrected chi connectivity index (χ0v) is 15.3. The molecular formula is C18H18N4O3S. The van der Waals surface area contributed by atoms with Crippen molar-refractivity contribution >= 4 is 10.0 Å². The fourth-order valence-electron chi connectivity index (χ4n) is 2.83. The maximum atomic E-state index is 12.7. The first-order valence-electron chi connectivity index (χ1n) is 8.26. The highest BCUT2D eigenvalue weighted by atomic mass is 32.2. The Bertz CT molecular complexity index is 1040. The molecule has 2 aromatic heterocycles. The van der Waals surface area contributed by atoms with Gasteiger partial charge < -0.3 is 4.52 Å². The van der Waals surface area contributed by atoms with Crippen LogP contribution < -0.4 is 0 Å². The van der Waals surface area contributed by atoms with Crippen molar-refractivity contribution in [3.8, 4) is 11.4 Å². The molecule has 0 amide bonds. The average Bonchev–Trinajstić information content (AvgIpc) is 3.06. The monoisotopic (exact) mass is 370 g/mol. The first-order valence-corrected chi connectivity index (χ1v) is 9.70. The summed E-state index contributed by atoms with van der Waals surface area (Å²) in [6.07, 6.45) is 3.32. The van der Waals surface area contributed by atoms with E-state index in [2.05, 4.69) is 15.1 Å². The fourth-order valence-corrected chi connectivity index (χ4v) is 4.45. The van der Waals surface area contributed by atoms with Crippen LogP contribution in [0.25, 0.3) is 11.4 Å². The molecule has 7 nitrogen and oxygen atoms in total. The third-order valence-electron chi connectivity index (χ3n) is 4.69. The number of hydrogen-bond donors (Lipinski definition) is 0. The van der Waals surface area contributed by atoms with E-state index >= 15 is 0 Å². The van der Waals surface area contributed by atoms with Crippen LogP contribution in [-0.2, 0) is 10.0 Å². The Morgan fingerprint density at radius 1 is 1.08 bits per heavy atom. The Labute approximate surface area is 151 Å². The smallest absolute Gasteiger partial charge is 0.243 e. The maximum Gasteiger partial charge on any atom is 0.243 e. The lowest BCUT2D eigenvalue weighted by Crippen LogP contribution is -2.48. The molecule has 4 rings (SSSR count). The predicted molar refractivity (Wildman–Crippen MR) is 94.9 cm³/mol. The van der Waals surface area contributed by atoms with Gasteiger partial charge in [-0.2, -0.15) is 9.29 Å². The van der Waals surface area contributed by atoms with Crippen molar-refractivity contribution in [2.45, 2.75) is 24.7 Å². The number of sulfonamides is 1. The van der Waals surface area contributed by atoms with Crippen LogP contribution in [0.5, 0.6) is 0 Å².